The van der Waals surface area contributed by atoms with Gasteiger partial charge in [-0.05, 0) is 25.7 Å². The number of hydrogen-bond acceptors (Lipinski definition) is 4. The fourth-order valence-electron chi connectivity index (χ4n) is 3.25. The molecule has 1 atom stereocenters. The number of nitrogens with zero attached hydrogens (tertiary/aromatic N) is 2. The van der Waals surface area contributed by atoms with Gasteiger partial charge >= 0.3 is 5.97 Å². The highest BCUT2D eigenvalue weighted by Gasteiger charge is 2.27. The van der Waals surface area contributed by atoms with Crippen LogP contribution < -0.4 is 0 Å². The Labute approximate surface area is 136 Å². The van der Waals surface area contributed by atoms with Crippen LogP contribution in [-0.4, -0.2) is 71.6 Å². The Morgan fingerprint density at radius 1 is 0.957 bits per heavy atom. The number of piperidine rings is 1. The maximum absolute atomic E-state index is 12.4. The lowest BCUT2D eigenvalue weighted by molar-refractivity contribution is -0.142. The lowest BCUT2D eigenvalue weighted by Crippen LogP contribution is -2.45. The highest BCUT2D eigenvalue weighted by Crippen LogP contribution is 2.22. The molecule has 2 saturated heterocycles. The molecule has 1 N–H and O–H groups in total. The molecule has 2 aliphatic heterocycles. The number of morpholine rings is 1. The van der Waals surface area contributed by atoms with Crippen molar-refractivity contribution in [1.82, 2.24) is 9.80 Å². The molecule has 0 aliphatic carbocycles. The van der Waals surface area contributed by atoms with Crippen LogP contribution >= 0.6 is 0 Å². The molecule has 7 nitrogen and oxygen atoms in total. The predicted molar refractivity (Wildman–Crippen MR) is 82.9 cm³/mol. The Morgan fingerprint density at radius 2 is 1.65 bits per heavy atom. The topological polar surface area (TPSA) is 87.2 Å². The van der Waals surface area contributed by atoms with Crippen molar-refractivity contribution in [3.05, 3.63) is 0 Å². The molecule has 0 bridgehead atoms. The molecule has 0 saturated carbocycles. The highest BCUT2D eigenvalue weighted by molar-refractivity contribution is 5.84. The first-order valence-corrected chi connectivity index (χ1v) is 8.44. The summed E-state index contributed by atoms with van der Waals surface area (Å²) >= 11 is 0. The van der Waals surface area contributed by atoms with Crippen molar-refractivity contribution in [2.45, 2.75) is 51.0 Å². The van der Waals surface area contributed by atoms with Gasteiger partial charge in [-0.1, -0.05) is 0 Å². The minimum Gasteiger partial charge on any atom is -0.481 e. The number of carboxylic acids is 1. The van der Waals surface area contributed by atoms with Gasteiger partial charge in [-0.3, -0.25) is 14.4 Å². The summed E-state index contributed by atoms with van der Waals surface area (Å²) in [6.07, 6.45) is 3.85. The number of carbonyl (C=O) groups is 3. The van der Waals surface area contributed by atoms with Crippen molar-refractivity contribution in [2.24, 2.45) is 0 Å². The minimum atomic E-state index is -0.828. The summed E-state index contributed by atoms with van der Waals surface area (Å²) in [6, 6.07) is 0.00541. The SMILES string of the molecule is O=C(O)CCC1CCCCN1C(=O)CCC(=O)N1CCOCC1. The summed E-state index contributed by atoms with van der Waals surface area (Å²) < 4.78 is 5.21. The quantitative estimate of drug-likeness (QED) is 0.782. The fourth-order valence-corrected chi connectivity index (χ4v) is 3.25. The molecule has 23 heavy (non-hydrogen) atoms. The zero-order valence-corrected chi connectivity index (χ0v) is 13.5. The van der Waals surface area contributed by atoms with Crippen molar-refractivity contribution in [3.8, 4) is 0 Å². The molecule has 0 radical (unpaired) electrons. The minimum absolute atomic E-state index is 0.000690. The second-order valence-corrected chi connectivity index (χ2v) is 6.16. The molecule has 130 valence electrons. The van der Waals surface area contributed by atoms with E-state index in [4.69, 9.17) is 9.84 Å². The van der Waals surface area contributed by atoms with Gasteiger partial charge in [-0.2, -0.15) is 0 Å². The van der Waals surface area contributed by atoms with Gasteiger partial charge in [0.15, 0.2) is 0 Å². The maximum Gasteiger partial charge on any atom is 0.303 e. The van der Waals surface area contributed by atoms with Crippen LogP contribution in [0, 0.1) is 0 Å². The lowest BCUT2D eigenvalue weighted by Gasteiger charge is -2.36. The van der Waals surface area contributed by atoms with E-state index in [2.05, 4.69) is 0 Å². The molecule has 7 heteroatoms. The molecule has 2 rings (SSSR count). The third-order valence-electron chi connectivity index (χ3n) is 4.56. The van der Waals surface area contributed by atoms with Crippen LogP contribution in [0.25, 0.3) is 0 Å². The van der Waals surface area contributed by atoms with Crippen molar-refractivity contribution >= 4 is 17.8 Å². The smallest absolute Gasteiger partial charge is 0.303 e. The average Bonchev–Trinajstić information content (AvgIpc) is 2.58. The molecule has 0 aromatic rings. The van der Waals surface area contributed by atoms with E-state index in [0.29, 0.717) is 39.3 Å². The van der Waals surface area contributed by atoms with Crippen molar-refractivity contribution < 1.29 is 24.2 Å². The van der Waals surface area contributed by atoms with E-state index < -0.39 is 5.97 Å². The van der Waals surface area contributed by atoms with Crippen LogP contribution in [0.1, 0.15) is 44.9 Å². The normalized spacial score (nSPS) is 22.0. The maximum atomic E-state index is 12.4. The number of ether oxygens (including phenoxy) is 1. The van der Waals surface area contributed by atoms with E-state index in [-0.39, 0.29) is 37.1 Å². The number of likely N-dealkylation sites (tertiary alicyclic amines) is 1. The van der Waals surface area contributed by atoms with Crippen LogP contribution in [0.3, 0.4) is 0 Å². The predicted octanol–water partition coefficient (Wildman–Crippen LogP) is 0.871. The Kier molecular flexibility index (Phi) is 6.83. The summed E-state index contributed by atoms with van der Waals surface area (Å²) in [6.45, 7) is 2.98. The number of rotatable bonds is 6. The lowest BCUT2D eigenvalue weighted by atomic mass is 9.97. The van der Waals surface area contributed by atoms with Gasteiger partial charge in [0.25, 0.3) is 0 Å². The number of carbonyl (C=O) groups excluding carboxylic acids is 2. The van der Waals surface area contributed by atoms with Crippen molar-refractivity contribution in [1.29, 1.82) is 0 Å². The Bertz CT molecular complexity index is 434. The average molecular weight is 326 g/mol. The van der Waals surface area contributed by atoms with E-state index in [9.17, 15) is 14.4 Å². The van der Waals surface area contributed by atoms with Gasteiger partial charge in [0.05, 0.1) is 13.2 Å². The summed E-state index contributed by atoms with van der Waals surface area (Å²) in [4.78, 5) is 38.8. The molecule has 0 aromatic heterocycles. The summed E-state index contributed by atoms with van der Waals surface area (Å²) in [5, 5.41) is 8.83. The summed E-state index contributed by atoms with van der Waals surface area (Å²) in [7, 11) is 0. The zero-order chi connectivity index (χ0) is 16.7. The van der Waals surface area contributed by atoms with Crippen LogP contribution in [-0.2, 0) is 19.1 Å². The molecule has 2 heterocycles. The van der Waals surface area contributed by atoms with Gasteiger partial charge in [-0.15, -0.1) is 0 Å². The molecule has 1 unspecified atom stereocenters. The van der Waals surface area contributed by atoms with E-state index in [1.54, 1.807) is 9.80 Å². The third-order valence-corrected chi connectivity index (χ3v) is 4.56. The molecule has 2 fully saturated rings. The van der Waals surface area contributed by atoms with Gasteiger partial charge in [-0.25, -0.2) is 0 Å². The first kappa shape index (κ1) is 17.7. The van der Waals surface area contributed by atoms with E-state index in [1.807, 2.05) is 0 Å². The van der Waals surface area contributed by atoms with Crippen molar-refractivity contribution in [3.63, 3.8) is 0 Å². The molecule has 2 aliphatic rings. The van der Waals surface area contributed by atoms with Gasteiger partial charge in [0, 0.05) is 44.9 Å². The van der Waals surface area contributed by atoms with Crippen LogP contribution in [0.2, 0.25) is 0 Å². The Morgan fingerprint density at radius 3 is 2.35 bits per heavy atom. The molecule has 0 spiro atoms. The van der Waals surface area contributed by atoms with Crippen LogP contribution in [0.4, 0.5) is 0 Å². The van der Waals surface area contributed by atoms with Gasteiger partial charge in [0.1, 0.15) is 0 Å². The molecule has 2 amide bonds. The Balaban J connectivity index is 1.79. The van der Waals surface area contributed by atoms with Gasteiger partial charge in [0.2, 0.25) is 11.8 Å². The van der Waals surface area contributed by atoms with Crippen LogP contribution in [0.5, 0.6) is 0 Å². The number of carboxylic acid groups (broad SMARTS) is 1. The Hall–Kier alpha value is -1.63. The standard InChI is InChI=1S/C16H26N2O5/c19-14(17-9-11-23-12-10-17)5-6-15(20)18-8-2-1-3-13(18)4-7-16(21)22/h13H,1-12H2,(H,21,22). The zero-order valence-electron chi connectivity index (χ0n) is 13.5. The second kappa shape index (κ2) is 8.86. The second-order valence-electron chi connectivity index (χ2n) is 6.16. The number of hydrogen-bond donors (Lipinski definition) is 1. The molecular formula is C16H26N2O5. The van der Waals surface area contributed by atoms with E-state index in [0.717, 1.165) is 19.3 Å². The van der Waals surface area contributed by atoms with Gasteiger partial charge < -0.3 is 19.6 Å². The summed E-state index contributed by atoms with van der Waals surface area (Å²) in [5.41, 5.74) is 0. The van der Waals surface area contributed by atoms with Crippen LogP contribution in [0.15, 0.2) is 0 Å². The largest absolute Gasteiger partial charge is 0.481 e. The monoisotopic (exact) mass is 326 g/mol. The van der Waals surface area contributed by atoms with E-state index >= 15 is 0 Å². The fraction of sp³-hybridized carbons (Fsp3) is 0.812. The number of aliphatic carboxylic acids is 1. The van der Waals surface area contributed by atoms with E-state index in [1.165, 1.54) is 0 Å². The third kappa shape index (κ3) is 5.49. The number of amides is 2. The molecular weight excluding hydrogens is 300 g/mol. The van der Waals surface area contributed by atoms with Crippen molar-refractivity contribution in [2.75, 3.05) is 32.8 Å². The molecule has 0 aromatic carbocycles. The first-order valence-electron chi connectivity index (χ1n) is 8.44. The first-order chi connectivity index (χ1) is 11.1. The highest BCUT2D eigenvalue weighted by atomic mass is 16.5. The summed E-state index contributed by atoms with van der Waals surface area (Å²) in [5.74, 6) is -0.854.